The summed E-state index contributed by atoms with van der Waals surface area (Å²) in [6, 6.07) is -0.289. The fourth-order valence-electron chi connectivity index (χ4n) is 4.23. The number of aromatic nitrogens is 2. The van der Waals surface area contributed by atoms with Crippen LogP contribution < -0.4 is 5.32 Å². The minimum absolute atomic E-state index is 0. The summed E-state index contributed by atoms with van der Waals surface area (Å²) in [6.45, 7) is 7.72. The Balaban J connectivity index is 0.00000182. The Morgan fingerprint density at radius 3 is 2.56 bits per heavy atom. The van der Waals surface area contributed by atoms with Crippen LogP contribution in [0.4, 0.5) is 0 Å². The van der Waals surface area contributed by atoms with Crippen molar-refractivity contribution in [2.75, 3.05) is 39.8 Å². The Morgan fingerprint density at radius 2 is 1.96 bits per heavy atom. The number of hydrogen-bond donors (Lipinski definition) is 1. The van der Waals surface area contributed by atoms with E-state index in [-0.39, 0.29) is 36.8 Å². The number of halogens is 2. The van der Waals surface area contributed by atoms with Crippen LogP contribution in [0.5, 0.6) is 0 Å². The number of amides is 1. The van der Waals surface area contributed by atoms with E-state index in [1.807, 2.05) is 20.3 Å². The zero-order valence-corrected chi connectivity index (χ0v) is 18.4. The first-order valence-electron chi connectivity index (χ1n) is 9.73. The van der Waals surface area contributed by atoms with Crippen molar-refractivity contribution in [1.29, 1.82) is 0 Å². The lowest BCUT2D eigenvalue weighted by Crippen LogP contribution is -2.48. The van der Waals surface area contributed by atoms with Crippen molar-refractivity contribution in [1.82, 2.24) is 24.9 Å². The fraction of sp³-hybridized carbons (Fsp3) is 0.789. The minimum atomic E-state index is -0.289. The molecule has 0 aliphatic carbocycles. The van der Waals surface area contributed by atoms with E-state index in [1.165, 1.54) is 32.4 Å². The number of likely N-dealkylation sites (tertiary alicyclic amines) is 2. The predicted molar refractivity (Wildman–Crippen MR) is 114 cm³/mol. The molecule has 3 rings (SSSR count). The minimum Gasteiger partial charge on any atom is -0.341 e. The first-order valence-corrected chi connectivity index (χ1v) is 9.73. The Kier molecular flexibility index (Phi) is 10.1. The van der Waals surface area contributed by atoms with E-state index in [1.54, 1.807) is 10.9 Å². The molecular weight excluding hydrogens is 385 g/mol. The predicted octanol–water partition coefficient (Wildman–Crippen LogP) is 2.49. The van der Waals surface area contributed by atoms with Gasteiger partial charge in [0.1, 0.15) is 6.04 Å². The number of hydrogen-bond acceptors (Lipinski definition) is 4. The Bertz CT molecular complexity index is 574. The quantitative estimate of drug-likeness (QED) is 0.796. The van der Waals surface area contributed by atoms with Gasteiger partial charge in [-0.2, -0.15) is 5.10 Å². The molecule has 0 saturated carbocycles. The average molecular weight is 420 g/mol. The van der Waals surface area contributed by atoms with E-state index >= 15 is 0 Å². The summed E-state index contributed by atoms with van der Waals surface area (Å²) in [7, 11) is 3.74. The van der Waals surface area contributed by atoms with Gasteiger partial charge >= 0.3 is 0 Å². The normalized spacial score (nSPS) is 22.6. The number of rotatable bonds is 5. The van der Waals surface area contributed by atoms with Crippen molar-refractivity contribution in [3.8, 4) is 0 Å². The maximum Gasteiger partial charge on any atom is 0.244 e. The van der Waals surface area contributed by atoms with Crippen molar-refractivity contribution in [3.05, 3.63) is 18.0 Å². The number of likely N-dealkylation sites (N-methyl/N-ethyl adjacent to an activating group) is 1. The summed E-state index contributed by atoms with van der Waals surface area (Å²) < 4.78 is 1.75. The molecule has 1 aromatic heterocycles. The highest BCUT2D eigenvalue weighted by Crippen LogP contribution is 2.24. The fourth-order valence-corrected chi connectivity index (χ4v) is 4.23. The molecule has 8 heteroatoms. The number of carbonyl (C=O) groups excluding carboxylic acids is 1. The zero-order valence-electron chi connectivity index (χ0n) is 16.8. The van der Waals surface area contributed by atoms with Crippen molar-refractivity contribution < 1.29 is 4.79 Å². The first kappa shape index (κ1) is 24.2. The van der Waals surface area contributed by atoms with Crippen LogP contribution in [0.3, 0.4) is 0 Å². The maximum absolute atomic E-state index is 13.0. The third-order valence-corrected chi connectivity index (χ3v) is 5.82. The zero-order chi connectivity index (χ0) is 17.8. The van der Waals surface area contributed by atoms with E-state index in [0.29, 0.717) is 5.92 Å². The Labute approximate surface area is 175 Å². The van der Waals surface area contributed by atoms with E-state index in [2.05, 4.69) is 27.1 Å². The van der Waals surface area contributed by atoms with Crippen LogP contribution in [-0.2, 0) is 11.8 Å². The second-order valence-corrected chi connectivity index (χ2v) is 7.94. The molecule has 1 amide bonds. The Morgan fingerprint density at radius 1 is 1.26 bits per heavy atom. The lowest BCUT2D eigenvalue weighted by atomic mass is 9.94. The summed E-state index contributed by atoms with van der Waals surface area (Å²) in [5, 5.41) is 7.39. The van der Waals surface area contributed by atoms with Crippen LogP contribution in [0.15, 0.2) is 12.4 Å². The third-order valence-electron chi connectivity index (χ3n) is 5.82. The number of nitrogens with one attached hydrogen (secondary N) is 1. The lowest BCUT2D eigenvalue weighted by molar-refractivity contribution is -0.135. The molecule has 27 heavy (non-hydrogen) atoms. The molecule has 2 unspecified atom stereocenters. The highest BCUT2D eigenvalue weighted by atomic mass is 35.5. The molecule has 2 aliphatic rings. The van der Waals surface area contributed by atoms with Gasteiger partial charge in [0.15, 0.2) is 0 Å². The molecule has 6 nitrogen and oxygen atoms in total. The topological polar surface area (TPSA) is 53.4 Å². The highest BCUT2D eigenvalue weighted by Gasteiger charge is 2.30. The molecule has 0 radical (unpaired) electrons. The molecule has 0 spiro atoms. The van der Waals surface area contributed by atoms with Crippen LogP contribution in [0.1, 0.15) is 44.2 Å². The van der Waals surface area contributed by atoms with E-state index < -0.39 is 0 Å². The van der Waals surface area contributed by atoms with Crippen LogP contribution in [0, 0.1) is 11.8 Å². The van der Waals surface area contributed by atoms with Gasteiger partial charge in [-0.1, -0.05) is 6.92 Å². The molecule has 0 bridgehead atoms. The smallest absolute Gasteiger partial charge is 0.244 e. The van der Waals surface area contributed by atoms with Crippen LogP contribution >= 0.6 is 24.8 Å². The van der Waals surface area contributed by atoms with Crippen LogP contribution in [0.2, 0.25) is 0 Å². The molecule has 2 saturated heterocycles. The summed E-state index contributed by atoms with van der Waals surface area (Å²) in [5.41, 5.74) is 0.946. The summed E-state index contributed by atoms with van der Waals surface area (Å²) >= 11 is 0. The molecule has 156 valence electrons. The van der Waals surface area contributed by atoms with Gasteiger partial charge in [-0.15, -0.1) is 24.8 Å². The lowest BCUT2D eigenvalue weighted by Gasteiger charge is -2.38. The summed E-state index contributed by atoms with van der Waals surface area (Å²) in [4.78, 5) is 17.7. The molecule has 2 atom stereocenters. The highest BCUT2D eigenvalue weighted by molar-refractivity contribution is 5.85. The number of nitrogens with zero attached hydrogens (tertiary/aromatic N) is 4. The standard InChI is InChI=1S/C19H33N5O.2ClH/c1-15-6-9-23(10-7-15)12-16-5-4-8-24(13-16)19(25)18(20-2)17-11-21-22(3)14-17;;/h11,14-16,18,20H,4-10,12-13H2,1-3H3;2*1H. The number of aryl methyl sites for hydroxylation is 1. The SMILES string of the molecule is CNC(C(=O)N1CCCC(CN2CCC(C)CC2)C1)c1cnn(C)c1.Cl.Cl. The second-order valence-electron chi connectivity index (χ2n) is 7.94. The van der Waals surface area contributed by atoms with Gasteiger partial charge in [-0.3, -0.25) is 9.48 Å². The van der Waals surface area contributed by atoms with Gasteiger partial charge in [0.2, 0.25) is 5.91 Å². The molecule has 1 N–H and O–H groups in total. The first-order chi connectivity index (χ1) is 12.1. The van der Waals surface area contributed by atoms with Gasteiger partial charge in [0.05, 0.1) is 6.20 Å². The third kappa shape index (κ3) is 6.34. The summed E-state index contributed by atoms with van der Waals surface area (Å²) in [5.74, 6) is 1.67. The van der Waals surface area contributed by atoms with Gasteiger partial charge < -0.3 is 15.1 Å². The van der Waals surface area contributed by atoms with Gasteiger partial charge in [0, 0.05) is 38.4 Å². The monoisotopic (exact) mass is 419 g/mol. The Hall–Kier alpha value is -0.820. The van der Waals surface area contributed by atoms with Gasteiger partial charge in [0.25, 0.3) is 0 Å². The molecular formula is C19H35Cl2N5O. The average Bonchev–Trinajstić information content (AvgIpc) is 3.04. The molecule has 1 aromatic rings. The number of carbonyl (C=O) groups is 1. The van der Waals surface area contributed by atoms with E-state index in [9.17, 15) is 4.79 Å². The molecule has 2 aliphatic heterocycles. The molecule has 2 fully saturated rings. The van der Waals surface area contributed by atoms with Crippen LogP contribution in [-0.4, -0.2) is 65.3 Å². The van der Waals surface area contributed by atoms with Crippen molar-refractivity contribution in [3.63, 3.8) is 0 Å². The largest absolute Gasteiger partial charge is 0.341 e. The van der Waals surface area contributed by atoms with E-state index in [4.69, 9.17) is 0 Å². The van der Waals surface area contributed by atoms with Crippen LogP contribution in [0.25, 0.3) is 0 Å². The summed E-state index contributed by atoms with van der Waals surface area (Å²) in [6.07, 6.45) is 8.71. The van der Waals surface area contributed by atoms with Crippen molar-refractivity contribution in [2.24, 2.45) is 18.9 Å². The van der Waals surface area contributed by atoms with E-state index in [0.717, 1.165) is 37.5 Å². The van der Waals surface area contributed by atoms with Gasteiger partial charge in [-0.25, -0.2) is 0 Å². The molecule has 0 aromatic carbocycles. The number of piperidine rings is 2. The molecule has 3 heterocycles. The second kappa shape index (κ2) is 11.2. The van der Waals surface area contributed by atoms with Gasteiger partial charge in [-0.05, 0) is 57.7 Å². The van der Waals surface area contributed by atoms with Crippen molar-refractivity contribution >= 4 is 30.7 Å². The van der Waals surface area contributed by atoms with Crippen molar-refractivity contribution in [2.45, 2.75) is 38.6 Å². The maximum atomic E-state index is 13.0.